The third-order valence-corrected chi connectivity index (χ3v) is 6.98. The number of anilines is 1. The lowest BCUT2D eigenvalue weighted by molar-refractivity contribution is -0.119. The molecule has 4 rings (SSSR count). The lowest BCUT2D eigenvalue weighted by Gasteiger charge is -2.18. The highest BCUT2D eigenvalue weighted by Crippen LogP contribution is 2.33. The van der Waals surface area contributed by atoms with E-state index in [4.69, 9.17) is 0 Å². The Morgan fingerprint density at radius 2 is 1.90 bits per heavy atom. The van der Waals surface area contributed by atoms with Crippen LogP contribution in [0.25, 0.3) is 10.2 Å². The first-order valence-corrected chi connectivity index (χ1v) is 11.2. The maximum absolute atomic E-state index is 13.2. The number of aromatic nitrogens is 3. The third-order valence-electron chi connectivity index (χ3n) is 5.80. The number of hydrogen-bond acceptors (Lipinski definition) is 5. The topological polar surface area (TPSA) is 76.9 Å². The molecular weight excluding hydrogens is 384 g/mol. The molecular formula is C22H26N4O2S. The van der Waals surface area contributed by atoms with Crippen LogP contribution in [0.15, 0.2) is 23.0 Å². The minimum Gasteiger partial charge on any atom is -0.324 e. The van der Waals surface area contributed by atoms with E-state index in [0.29, 0.717) is 10.2 Å². The van der Waals surface area contributed by atoms with E-state index in [2.05, 4.69) is 29.5 Å². The van der Waals surface area contributed by atoms with Gasteiger partial charge in [0.15, 0.2) is 4.83 Å². The Morgan fingerprint density at radius 3 is 2.59 bits per heavy atom. The largest absolute Gasteiger partial charge is 0.324 e. The second-order valence-electron chi connectivity index (χ2n) is 7.55. The number of nitrogens with one attached hydrogen (secondary N) is 1. The SMILES string of the molecule is CCc1cccc(CC)c1NC(=O)[C@@H](C)n1nnc2sc3c(c2c1=O)CCCC3. The van der Waals surface area contributed by atoms with E-state index in [9.17, 15) is 9.59 Å². The quantitative estimate of drug-likeness (QED) is 0.688. The summed E-state index contributed by atoms with van der Waals surface area (Å²) in [6.45, 7) is 5.84. The van der Waals surface area contributed by atoms with Crippen LogP contribution >= 0.6 is 11.3 Å². The fourth-order valence-corrected chi connectivity index (χ4v) is 5.28. The standard InChI is InChI=1S/C22H26N4O2S/c1-4-14-9-8-10-15(5-2)19(14)23-20(27)13(3)26-22(28)18-16-11-6-7-12-17(16)29-21(18)24-25-26/h8-10,13H,4-7,11-12H2,1-3H3,(H,23,27)/t13-/m1/s1. The minimum atomic E-state index is -0.742. The van der Waals surface area contributed by atoms with Crippen molar-refractivity contribution >= 4 is 33.1 Å². The molecule has 1 atom stereocenters. The Kier molecular flexibility index (Phi) is 5.50. The van der Waals surface area contributed by atoms with Gasteiger partial charge in [0.2, 0.25) is 5.91 Å². The number of amides is 1. The van der Waals surface area contributed by atoms with Gasteiger partial charge in [0.25, 0.3) is 5.56 Å². The second kappa shape index (κ2) is 8.06. The van der Waals surface area contributed by atoms with E-state index in [1.165, 1.54) is 9.56 Å². The lowest BCUT2D eigenvalue weighted by atomic mass is 9.97. The number of para-hydroxylation sites is 1. The van der Waals surface area contributed by atoms with E-state index in [0.717, 1.165) is 60.9 Å². The van der Waals surface area contributed by atoms with Crippen LogP contribution in [0, 0.1) is 0 Å². The summed E-state index contributed by atoms with van der Waals surface area (Å²) in [6.07, 6.45) is 5.79. The van der Waals surface area contributed by atoms with Crippen LogP contribution in [0.5, 0.6) is 0 Å². The van der Waals surface area contributed by atoms with Gasteiger partial charge in [-0.3, -0.25) is 9.59 Å². The molecule has 0 unspecified atom stereocenters. The smallest absolute Gasteiger partial charge is 0.279 e. The predicted octanol–water partition coefficient (Wildman–Crippen LogP) is 4.06. The molecule has 7 heteroatoms. The van der Waals surface area contributed by atoms with Gasteiger partial charge in [-0.2, -0.15) is 4.68 Å². The monoisotopic (exact) mass is 410 g/mol. The van der Waals surface area contributed by atoms with Crippen LogP contribution in [0.1, 0.15) is 61.2 Å². The molecule has 1 aliphatic carbocycles. The van der Waals surface area contributed by atoms with E-state index in [1.807, 2.05) is 18.2 Å². The zero-order valence-corrected chi connectivity index (χ0v) is 17.9. The molecule has 3 aromatic rings. The maximum Gasteiger partial charge on any atom is 0.279 e. The van der Waals surface area contributed by atoms with Crippen molar-refractivity contribution < 1.29 is 4.79 Å². The van der Waals surface area contributed by atoms with Crippen molar-refractivity contribution in [3.63, 3.8) is 0 Å². The molecule has 2 heterocycles. The Bertz CT molecular complexity index is 1110. The molecule has 0 bridgehead atoms. The van der Waals surface area contributed by atoms with Crippen LogP contribution in [-0.2, 0) is 30.5 Å². The molecule has 0 spiro atoms. The lowest BCUT2D eigenvalue weighted by Crippen LogP contribution is -2.34. The average molecular weight is 411 g/mol. The first-order valence-electron chi connectivity index (χ1n) is 10.4. The molecule has 0 radical (unpaired) electrons. The summed E-state index contributed by atoms with van der Waals surface area (Å²) in [4.78, 5) is 28.2. The summed E-state index contributed by atoms with van der Waals surface area (Å²) in [5.74, 6) is -0.250. The zero-order chi connectivity index (χ0) is 20.5. The van der Waals surface area contributed by atoms with Gasteiger partial charge in [-0.1, -0.05) is 37.3 Å². The fourth-order valence-electron chi connectivity index (χ4n) is 4.08. The van der Waals surface area contributed by atoms with Gasteiger partial charge in [0.1, 0.15) is 6.04 Å². The summed E-state index contributed by atoms with van der Waals surface area (Å²) in [6, 6.07) is 5.32. The summed E-state index contributed by atoms with van der Waals surface area (Å²) in [5.41, 5.74) is 3.93. The molecule has 152 valence electrons. The van der Waals surface area contributed by atoms with E-state index in [-0.39, 0.29) is 11.5 Å². The Labute approximate surface area is 173 Å². The predicted molar refractivity (Wildman–Crippen MR) is 117 cm³/mol. The molecule has 0 aliphatic heterocycles. The highest BCUT2D eigenvalue weighted by molar-refractivity contribution is 7.18. The molecule has 1 aromatic carbocycles. The molecule has 0 fully saturated rings. The number of carbonyl (C=O) groups is 1. The highest BCUT2D eigenvalue weighted by atomic mass is 32.1. The van der Waals surface area contributed by atoms with Crippen LogP contribution < -0.4 is 10.9 Å². The summed E-state index contributed by atoms with van der Waals surface area (Å²) >= 11 is 1.57. The molecule has 1 aliphatic rings. The molecule has 2 aromatic heterocycles. The van der Waals surface area contributed by atoms with Crippen molar-refractivity contribution in [3.8, 4) is 0 Å². The zero-order valence-electron chi connectivity index (χ0n) is 17.1. The minimum absolute atomic E-state index is 0.212. The van der Waals surface area contributed by atoms with Gasteiger partial charge < -0.3 is 5.32 Å². The Morgan fingerprint density at radius 1 is 1.21 bits per heavy atom. The summed E-state index contributed by atoms with van der Waals surface area (Å²) < 4.78 is 1.24. The molecule has 6 nitrogen and oxygen atoms in total. The van der Waals surface area contributed by atoms with Crippen LogP contribution in [0.2, 0.25) is 0 Å². The number of nitrogens with zero attached hydrogens (tertiary/aromatic N) is 3. The average Bonchev–Trinajstić information content (AvgIpc) is 3.13. The van der Waals surface area contributed by atoms with E-state index in [1.54, 1.807) is 18.3 Å². The van der Waals surface area contributed by atoms with Crippen molar-refractivity contribution in [1.29, 1.82) is 0 Å². The number of benzene rings is 1. The van der Waals surface area contributed by atoms with Crippen LogP contribution in [-0.4, -0.2) is 20.9 Å². The van der Waals surface area contributed by atoms with Gasteiger partial charge in [0, 0.05) is 10.6 Å². The Balaban J connectivity index is 1.69. The first kappa shape index (κ1) is 19.8. The Hall–Kier alpha value is -2.54. The normalized spacial score (nSPS) is 14.6. The molecule has 0 saturated carbocycles. The number of thiophene rings is 1. The second-order valence-corrected chi connectivity index (χ2v) is 8.64. The van der Waals surface area contributed by atoms with Crippen molar-refractivity contribution in [1.82, 2.24) is 15.0 Å². The first-order chi connectivity index (χ1) is 14.0. The van der Waals surface area contributed by atoms with Gasteiger partial charge >= 0.3 is 0 Å². The van der Waals surface area contributed by atoms with Crippen LogP contribution in [0.4, 0.5) is 5.69 Å². The molecule has 1 amide bonds. The number of rotatable bonds is 5. The van der Waals surface area contributed by atoms with Crippen molar-refractivity contribution in [2.24, 2.45) is 0 Å². The van der Waals surface area contributed by atoms with Gasteiger partial charge in [-0.25, -0.2) is 0 Å². The molecule has 0 saturated heterocycles. The number of carbonyl (C=O) groups excluding carboxylic acids is 1. The van der Waals surface area contributed by atoms with Crippen molar-refractivity contribution in [2.45, 2.75) is 65.3 Å². The van der Waals surface area contributed by atoms with Crippen molar-refractivity contribution in [2.75, 3.05) is 5.32 Å². The summed E-state index contributed by atoms with van der Waals surface area (Å²) in [5, 5.41) is 12.1. The van der Waals surface area contributed by atoms with Crippen LogP contribution in [0.3, 0.4) is 0 Å². The number of hydrogen-bond donors (Lipinski definition) is 1. The van der Waals surface area contributed by atoms with Gasteiger partial charge in [-0.15, -0.1) is 16.4 Å². The number of aryl methyl sites for hydroxylation is 4. The number of fused-ring (bicyclic) bond motifs is 3. The third kappa shape index (κ3) is 3.48. The maximum atomic E-state index is 13.2. The van der Waals surface area contributed by atoms with Crippen molar-refractivity contribution in [3.05, 3.63) is 50.1 Å². The summed E-state index contributed by atoms with van der Waals surface area (Å²) in [7, 11) is 0. The van der Waals surface area contributed by atoms with E-state index >= 15 is 0 Å². The fraction of sp³-hybridized carbons (Fsp3) is 0.455. The van der Waals surface area contributed by atoms with E-state index < -0.39 is 6.04 Å². The highest BCUT2D eigenvalue weighted by Gasteiger charge is 2.25. The van der Waals surface area contributed by atoms with Gasteiger partial charge in [0.05, 0.1) is 5.39 Å². The molecule has 29 heavy (non-hydrogen) atoms. The van der Waals surface area contributed by atoms with Gasteiger partial charge in [-0.05, 0) is 62.1 Å². The molecule has 1 N–H and O–H groups in total.